The van der Waals surface area contributed by atoms with Crippen molar-refractivity contribution in [3.8, 4) is 0 Å². The normalized spacial score (nSPS) is 18.7. The Morgan fingerprint density at radius 2 is 2.24 bits per heavy atom. The largest absolute Gasteiger partial charge is 0.329 e. The summed E-state index contributed by atoms with van der Waals surface area (Å²) in [5.41, 5.74) is 4.67. The van der Waals surface area contributed by atoms with E-state index in [1.54, 1.807) is 0 Å². The maximum Gasteiger partial charge on any atom is 0.224 e. The van der Waals surface area contributed by atoms with Gasteiger partial charge in [-0.15, -0.1) is 0 Å². The van der Waals surface area contributed by atoms with Crippen LogP contribution >= 0.6 is 0 Å². The number of rotatable bonds is 5. The van der Waals surface area contributed by atoms with Crippen LogP contribution in [-0.4, -0.2) is 23.9 Å². The molecule has 1 aliphatic heterocycles. The molecule has 0 aromatic heterocycles. The zero-order valence-electron chi connectivity index (χ0n) is 13.0. The number of carbonyl (C=O) groups excluding carboxylic acids is 1. The molecule has 0 radical (unpaired) electrons. The Bertz CT molecular complexity index is 562. The second kappa shape index (κ2) is 6.72. The summed E-state index contributed by atoms with van der Waals surface area (Å²) in [4.78, 5) is 13.7. The van der Waals surface area contributed by atoms with E-state index in [-0.39, 0.29) is 11.9 Å². The smallest absolute Gasteiger partial charge is 0.224 e. The van der Waals surface area contributed by atoms with Crippen LogP contribution in [0.4, 0.5) is 0 Å². The zero-order chi connectivity index (χ0) is 15.4. The standard InChI is InChI=1S/C18H24N2O/c1-5-14-8-7-9-15(6-2)16(14)12-20(4)17-10-11-18(21)19-13(17)3/h5,7-9,17H,1,3,6,10-12H2,2,4H3,(H,19,21). The number of hydrogen-bond acceptors (Lipinski definition) is 2. The first-order valence-corrected chi connectivity index (χ1v) is 7.48. The van der Waals surface area contributed by atoms with Crippen molar-refractivity contribution in [2.45, 2.75) is 38.8 Å². The highest BCUT2D eigenvalue weighted by atomic mass is 16.1. The van der Waals surface area contributed by atoms with Crippen LogP contribution in [0.1, 0.15) is 36.5 Å². The predicted molar refractivity (Wildman–Crippen MR) is 87.7 cm³/mol. The van der Waals surface area contributed by atoms with Crippen LogP contribution in [0, 0.1) is 0 Å². The topological polar surface area (TPSA) is 32.3 Å². The van der Waals surface area contributed by atoms with Gasteiger partial charge in [-0.25, -0.2) is 0 Å². The Balaban J connectivity index is 2.19. The van der Waals surface area contributed by atoms with Gasteiger partial charge >= 0.3 is 0 Å². The molecule has 2 rings (SSSR count). The fourth-order valence-corrected chi connectivity index (χ4v) is 2.98. The molecule has 1 heterocycles. The molecule has 0 saturated carbocycles. The van der Waals surface area contributed by atoms with E-state index < -0.39 is 0 Å². The van der Waals surface area contributed by atoms with Crippen molar-refractivity contribution >= 4 is 12.0 Å². The van der Waals surface area contributed by atoms with Crippen molar-refractivity contribution in [2.75, 3.05) is 7.05 Å². The number of hydrogen-bond donors (Lipinski definition) is 1. The maximum absolute atomic E-state index is 11.4. The van der Waals surface area contributed by atoms with Gasteiger partial charge in [0, 0.05) is 24.7 Å². The Morgan fingerprint density at radius 3 is 2.86 bits per heavy atom. The lowest BCUT2D eigenvalue weighted by Gasteiger charge is -2.33. The highest BCUT2D eigenvalue weighted by molar-refractivity contribution is 5.79. The average molecular weight is 284 g/mol. The third-order valence-electron chi connectivity index (χ3n) is 4.20. The van der Waals surface area contributed by atoms with Gasteiger partial charge in [-0.3, -0.25) is 9.69 Å². The summed E-state index contributed by atoms with van der Waals surface area (Å²) in [6.07, 6.45) is 4.32. The minimum Gasteiger partial charge on any atom is -0.329 e. The molecule has 1 aromatic rings. The van der Waals surface area contributed by atoms with E-state index >= 15 is 0 Å². The Morgan fingerprint density at radius 1 is 1.48 bits per heavy atom. The zero-order valence-corrected chi connectivity index (χ0v) is 13.0. The summed E-state index contributed by atoms with van der Waals surface area (Å²) in [6, 6.07) is 6.56. The number of amides is 1. The van der Waals surface area contributed by atoms with E-state index in [1.807, 2.05) is 6.08 Å². The van der Waals surface area contributed by atoms with E-state index in [1.165, 1.54) is 16.7 Å². The quantitative estimate of drug-likeness (QED) is 0.901. The Hall–Kier alpha value is -1.87. The Kier molecular flexibility index (Phi) is 4.97. The summed E-state index contributed by atoms with van der Waals surface area (Å²) in [5.74, 6) is 0.0744. The van der Waals surface area contributed by atoms with Gasteiger partial charge in [-0.05, 0) is 36.6 Å². The van der Waals surface area contributed by atoms with Crippen molar-refractivity contribution in [1.29, 1.82) is 0 Å². The van der Waals surface area contributed by atoms with Crippen molar-refractivity contribution in [2.24, 2.45) is 0 Å². The van der Waals surface area contributed by atoms with Gasteiger partial charge in [0.1, 0.15) is 0 Å². The highest BCUT2D eigenvalue weighted by Gasteiger charge is 2.25. The highest BCUT2D eigenvalue weighted by Crippen LogP contribution is 2.23. The van der Waals surface area contributed by atoms with Gasteiger partial charge in [-0.1, -0.05) is 44.4 Å². The molecule has 1 unspecified atom stereocenters. The van der Waals surface area contributed by atoms with Crippen LogP contribution in [0.25, 0.3) is 6.08 Å². The summed E-state index contributed by atoms with van der Waals surface area (Å²) in [6.45, 7) is 10.9. The molecule has 0 aliphatic carbocycles. The lowest BCUT2D eigenvalue weighted by atomic mass is 9.96. The first-order chi connectivity index (χ1) is 10.1. The lowest BCUT2D eigenvalue weighted by molar-refractivity contribution is -0.121. The number of nitrogens with zero attached hydrogens (tertiary/aromatic N) is 1. The molecule has 1 saturated heterocycles. The monoisotopic (exact) mass is 284 g/mol. The molecule has 1 amide bonds. The van der Waals surface area contributed by atoms with E-state index in [0.29, 0.717) is 6.42 Å². The Labute approximate surface area is 127 Å². The maximum atomic E-state index is 11.4. The number of aryl methyl sites for hydroxylation is 1. The molecule has 1 fully saturated rings. The van der Waals surface area contributed by atoms with Crippen LogP contribution < -0.4 is 5.32 Å². The summed E-state index contributed by atoms with van der Waals surface area (Å²) in [7, 11) is 2.09. The molecular formula is C18H24N2O. The minimum absolute atomic E-state index is 0.0744. The van der Waals surface area contributed by atoms with E-state index in [0.717, 1.165) is 25.1 Å². The third-order valence-corrected chi connectivity index (χ3v) is 4.20. The van der Waals surface area contributed by atoms with Crippen LogP contribution in [0.3, 0.4) is 0 Å². The number of likely N-dealkylation sites (N-methyl/N-ethyl adjacent to an activating group) is 1. The molecule has 112 valence electrons. The first-order valence-electron chi connectivity index (χ1n) is 7.48. The van der Waals surface area contributed by atoms with Crippen LogP contribution in [-0.2, 0) is 17.8 Å². The van der Waals surface area contributed by atoms with Crippen molar-refractivity contribution < 1.29 is 4.79 Å². The summed E-state index contributed by atoms with van der Waals surface area (Å²) < 4.78 is 0. The molecule has 1 atom stereocenters. The fraction of sp³-hybridized carbons (Fsp3) is 0.389. The molecule has 1 aliphatic rings. The van der Waals surface area contributed by atoms with E-state index in [9.17, 15) is 4.79 Å². The average Bonchev–Trinajstić information content (AvgIpc) is 2.47. The van der Waals surface area contributed by atoms with Crippen LogP contribution in [0.15, 0.2) is 37.1 Å². The number of benzene rings is 1. The van der Waals surface area contributed by atoms with E-state index in [4.69, 9.17) is 0 Å². The second-order valence-electron chi connectivity index (χ2n) is 5.59. The minimum atomic E-state index is 0.0744. The van der Waals surface area contributed by atoms with Gasteiger partial charge in [0.2, 0.25) is 5.91 Å². The van der Waals surface area contributed by atoms with E-state index in [2.05, 4.69) is 55.5 Å². The molecule has 3 heteroatoms. The van der Waals surface area contributed by atoms with Gasteiger partial charge < -0.3 is 5.32 Å². The first kappa shape index (κ1) is 15.5. The summed E-state index contributed by atoms with van der Waals surface area (Å²) in [5, 5.41) is 2.86. The van der Waals surface area contributed by atoms with Crippen LogP contribution in [0.2, 0.25) is 0 Å². The third kappa shape index (κ3) is 3.42. The molecule has 0 spiro atoms. The molecule has 3 nitrogen and oxygen atoms in total. The van der Waals surface area contributed by atoms with Gasteiger partial charge in [0.25, 0.3) is 0 Å². The van der Waals surface area contributed by atoms with Gasteiger partial charge in [0.05, 0.1) is 0 Å². The van der Waals surface area contributed by atoms with Crippen molar-refractivity contribution in [1.82, 2.24) is 10.2 Å². The molecule has 0 bridgehead atoms. The van der Waals surface area contributed by atoms with Gasteiger partial charge in [-0.2, -0.15) is 0 Å². The number of piperidine rings is 1. The lowest BCUT2D eigenvalue weighted by Crippen LogP contribution is -2.44. The number of nitrogens with one attached hydrogen (secondary N) is 1. The molecule has 1 N–H and O–H groups in total. The number of carbonyl (C=O) groups is 1. The molecule has 1 aromatic carbocycles. The summed E-state index contributed by atoms with van der Waals surface area (Å²) >= 11 is 0. The van der Waals surface area contributed by atoms with Crippen molar-refractivity contribution in [3.63, 3.8) is 0 Å². The SMILES string of the molecule is C=Cc1cccc(CC)c1CN(C)C1CCC(=O)NC1=C. The van der Waals surface area contributed by atoms with Crippen LogP contribution in [0.5, 0.6) is 0 Å². The fourth-order valence-electron chi connectivity index (χ4n) is 2.98. The molecular weight excluding hydrogens is 260 g/mol. The molecule has 21 heavy (non-hydrogen) atoms. The van der Waals surface area contributed by atoms with Crippen molar-refractivity contribution in [3.05, 3.63) is 53.7 Å². The van der Waals surface area contributed by atoms with Gasteiger partial charge in [0.15, 0.2) is 0 Å². The predicted octanol–water partition coefficient (Wildman–Crippen LogP) is 3.12. The second-order valence-corrected chi connectivity index (χ2v) is 5.59.